The highest BCUT2D eigenvalue weighted by Crippen LogP contribution is 2.38. The van der Waals surface area contributed by atoms with E-state index in [0.717, 1.165) is 45.2 Å². The van der Waals surface area contributed by atoms with Gasteiger partial charge in [-0.2, -0.15) is 0 Å². The summed E-state index contributed by atoms with van der Waals surface area (Å²) in [6.07, 6.45) is 0.900. The van der Waals surface area contributed by atoms with Crippen LogP contribution in [-0.2, 0) is 6.42 Å². The summed E-state index contributed by atoms with van der Waals surface area (Å²) in [5, 5.41) is 2.36. The third-order valence-corrected chi connectivity index (χ3v) is 6.36. The van der Waals surface area contributed by atoms with Crippen LogP contribution in [0.15, 0.2) is 48.5 Å². The van der Waals surface area contributed by atoms with Crippen LogP contribution in [0, 0.1) is 6.92 Å². The van der Waals surface area contributed by atoms with E-state index in [-0.39, 0.29) is 5.91 Å². The topological polar surface area (TPSA) is 33.2 Å². The van der Waals surface area contributed by atoms with Gasteiger partial charge in [0.15, 0.2) is 0 Å². The van der Waals surface area contributed by atoms with Crippen molar-refractivity contribution in [1.29, 1.82) is 0 Å². The number of nitrogens with zero attached hydrogens (tertiary/aromatic N) is 2. The summed E-state index contributed by atoms with van der Waals surface area (Å²) in [5.41, 5.74) is 4.26. The molecule has 0 radical (unpaired) electrons. The largest absolute Gasteiger partial charge is 0.307 e. The normalized spacial score (nSPS) is 13.5. The van der Waals surface area contributed by atoms with Gasteiger partial charge in [-0.05, 0) is 43.2 Å². The number of hydrogen-bond acceptors (Lipinski definition) is 3. The van der Waals surface area contributed by atoms with E-state index in [4.69, 9.17) is 11.6 Å². The van der Waals surface area contributed by atoms with Gasteiger partial charge in [-0.1, -0.05) is 41.4 Å². The Morgan fingerprint density at radius 3 is 2.88 bits per heavy atom. The molecule has 0 fully saturated rings. The van der Waals surface area contributed by atoms with Crippen LogP contribution in [0.3, 0.4) is 0 Å². The quantitative estimate of drug-likeness (QED) is 0.403. The second-order valence-electron chi connectivity index (χ2n) is 6.61. The minimum atomic E-state index is 0.0352. The number of thiophene rings is 1. The van der Waals surface area contributed by atoms with Crippen molar-refractivity contribution in [2.45, 2.75) is 13.3 Å². The molecule has 1 aliphatic heterocycles. The molecule has 4 aromatic rings. The molecular formula is C21H15ClN2OS. The number of hydrogen-bond donors (Lipinski definition) is 0. The fourth-order valence-electron chi connectivity index (χ4n) is 3.63. The maximum absolute atomic E-state index is 13.2. The molecule has 3 nitrogen and oxygen atoms in total. The summed E-state index contributed by atoms with van der Waals surface area (Å²) in [6, 6.07) is 16.1. The maximum atomic E-state index is 13.2. The number of aromatic nitrogens is 1. The number of rotatable bonds is 1. The number of aryl methyl sites for hydroxylation is 1. The SMILES string of the molecule is Cc1ccc2nc(Cl)c3cc(C(=O)N4CCc5ccccc54)sc3c2c1. The van der Waals surface area contributed by atoms with E-state index in [2.05, 4.69) is 24.0 Å². The first kappa shape index (κ1) is 15.8. The monoisotopic (exact) mass is 378 g/mol. The molecule has 0 saturated carbocycles. The molecule has 2 aromatic heterocycles. The Morgan fingerprint density at radius 2 is 2.00 bits per heavy atom. The molecule has 0 unspecified atom stereocenters. The zero-order chi connectivity index (χ0) is 17.8. The van der Waals surface area contributed by atoms with Crippen LogP contribution in [-0.4, -0.2) is 17.4 Å². The number of anilines is 1. The molecule has 1 amide bonds. The summed E-state index contributed by atoms with van der Waals surface area (Å²) in [6.45, 7) is 2.78. The first-order valence-electron chi connectivity index (χ1n) is 8.51. The first-order chi connectivity index (χ1) is 12.6. The van der Waals surface area contributed by atoms with Crippen LogP contribution in [0.4, 0.5) is 5.69 Å². The van der Waals surface area contributed by atoms with Crippen molar-refractivity contribution in [3.8, 4) is 0 Å². The summed E-state index contributed by atoms with van der Waals surface area (Å²) >= 11 is 7.91. The van der Waals surface area contributed by atoms with E-state index in [1.807, 2.05) is 41.3 Å². The van der Waals surface area contributed by atoms with Crippen molar-refractivity contribution in [2.75, 3.05) is 11.4 Å². The minimum absolute atomic E-state index is 0.0352. The molecule has 0 atom stereocenters. The average molecular weight is 379 g/mol. The second kappa shape index (κ2) is 5.79. The molecule has 128 valence electrons. The fourth-order valence-corrected chi connectivity index (χ4v) is 5.06. The highest BCUT2D eigenvalue weighted by Gasteiger charge is 2.27. The Labute approximate surface area is 159 Å². The molecular weight excluding hydrogens is 364 g/mol. The van der Waals surface area contributed by atoms with E-state index in [1.165, 1.54) is 16.9 Å². The van der Waals surface area contributed by atoms with Gasteiger partial charge in [-0.15, -0.1) is 11.3 Å². The molecule has 5 heteroatoms. The van der Waals surface area contributed by atoms with Crippen molar-refractivity contribution in [3.63, 3.8) is 0 Å². The highest BCUT2D eigenvalue weighted by molar-refractivity contribution is 7.22. The zero-order valence-electron chi connectivity index (χ0n) is 14.1. The number of pyridine rings is 1. The molecule has 1 aliphatic rings. The molecule has 0 aliphatic carbocycles. The van der Waals surface area contributed by atoms with Crippen LogP contribution < -0.4 is 4.90 Å². The van der Waals surface area contributed by atoms with Gasteiger partial charge in [-0.25, -0.2) is 4.98 Å². The summed E-state index contributed by atoms with van der Waals surface area (Å²) in [7, 11) is 0. The van der Waals surface area contributed by atoms with Gasteiger partial charge in [0.1, 0.15) is 5.15 Å². The summed E-state index contributed by atoms with van der Waals surface area (Å²) < 4.78 is 1.03. The lowest BCUT2D eigenvalue weighted by atomic mass is 10.1. The third-order valence-electron chi connectivity index (χ3n) is 4.91. The van der Waals surface area contributed by atoms with Gasteiger partial charge in [-0.3, -0.25) is 4.79 Å². The van der Waals surface area contributed by atoms with Gasteiger partial charge in [0.25, 0.3) is 5.91 Å². The molecule has 0 spiro atoms. The second-order valence-corrected chi connectivity index (χ2v) is 8.02. The number of fused-ring (bicyclic) bond motifs is 4. The Hall–Kier alpha value is -2.43. The standard InChI is InChI=1S/C21H15ClN2OS/c1-12-6-7-16-14(10-12)19-15(20(22)23-16)11-18(26-19)21(25)24-9-8-13-4-2-3-5-17(13)24/h2-7,10-11H,8-9H2,1H3. The molecule has 0 N–H and O–H groups in total. The number of carbonyl (C=O) groups excluding carboxylic acids is 1. The number of para-hydroxylation sites is 1. The molecule has 5 rings (SSSR count). The predicted molar refractivity (Wildman–Crippen MR) is 109 cm³/mol. The van der Waals surface area contributed by atoms with Crippen LogP contribution >= 0.6 is 22.9 Å². The molecule has 2 aromatic carbocycles. The fraction of sp³-hybridized carbons (Fsp3) is 0.143. The van der Waals surface area contributed by atoms with Gasteiger partial charge < -0.3 is 4.90 Å². The van der Waals surface area contributed by atoms with Gasteiger partial charge in [0.05, 0.1) is 10.4 Å². The van der Waals surface area contributed by atoms with E-state index < -0.39 is 0 Å². The van der Waals surface area contributed by atoms with E-state index in [1.54, 1.807) is 0 Å². The van der Waals surface area contributed by atoms with Crippen molar-refractivity contribution in [1.82, 2.24) is 4.98 Å². The van der Waals surface area contributed by atoms with Crippen molar-refractivity contribution in [3.05, 3.63) is 69.7 Å². The lowest BCUT2D eigenvalue weighted by molar-refractivity contribution is 0.0993. The zero-order valence-corrected chi connectivity index (χ0v) is 15.7. The Balaban J connectivity index is 1.66. The number of benzene rings is 2. The molecule has 0 saturated heterocycles. The summed E-state index contributed by atoms with van der Waals surface area (Å²) in [5.74, 6) is 0.0352. The Kier molecular flexibility index (Phi) is 3.52. The maximum Gasteiger partial charge on any atom is 0.268 e. The van der Waals surface area contributed by atoms with E-state index in [0.29, 0.717) is 10.0 Å². The van der Waals surface area contributed by atoms with Crippen LogP contribution in [0.2, 0.25) is 5.15 Å². The lowest BCUT2D eigenvalue weighted by Crippen LogP contribution is -2.28. The Morgan fingerprint density at radius 1 is 1.15 bits per heavy atom. The lowest BCUT2D eigenvalue weighted by Gasteiger charge is -2.15. The van der Waals surface area contributed by atoms with Gasteiger partial charge in [0, 0.05) is 27.7 Å². The first-order valence-corrected chi connectivity index (χ1v) is 9.70. The number of halogens is 1. The molecule has 26 heavy (non-hydrogen) atoms. The predicted octanol–water partition coefficient (Wildman–Crippen LogP) is 5.61. The average Bonchev–Trinajstić information content (AvgIpc) is 3.27. The number of carbonyl (C=O) groups is 1. The van der Waals surface area contributed by atoms with Crippen molar-refractivity contribution < 1.29 is 4.79 Å². The third kappa shape index (κ3) is 2.33. The molecule has 3 heterocycles. The van der Waals surface area contributed by atoms with Crippen LogP contribution in [0.5, 0.6) is 0 Å². The van der Waals surface area contributed by atoms with E-state index in [9.17, 15) is 4.79 Å². The summed E-state index contributed by atoms with van der Waals surface area (Å²) in [4.78, 5) is 20.2. The van der Waals surface area contributed by atoms with E-state index >= 15 is 0 Å². The van der Waals surface area contributed by atoms with Crippen molar-refractivity contribution in [2.24, 2.45) is 0 Å². The van der Waals surface area contributed by atoms with Gasteiger partial charge >= 0.3 is 0 Å². The smallest absolute Gasteiger partial charge is 0.268 e. The highest BCUT2D eigenvalue weighted by atomic mass is 35.5. The van der Waals surface area contributed by atoms with Gasteiger partial charge in [0.2, 0.25) is 0 Å². The minimum Gasteiger partial charge on any atom is -0.307 e. The van der Waals surface area contributed by atoms with Crippen molar-refractivity contribution >= 4 is 55.5 Å². The van der Waals surface area contributed by atoms with Crippen LogP contribution in [0.1, 0.15) is 20.8 Å². The van der Waals surface area contributed by atoms with Crippen LogP contribution in [0.25, 0.3) is 21.0 Å². The molecule has 0 bridgehead atoms. The number of amides is 1. The Bertz CT molecular complexity index is 1200.